The molecular weight excluding hydrogens is 689 g/mol. The van der Waals surface area contributed by atoms with Gasteiger partial charge in [-0.1, -0.05) is 48.5 Å². The van der Waals surface area contributed by atoms with E-state index in [9.17, 15) is 14.4 Å². The number of carbonyl (C=O) groups is 3. The minimum Gasteiger partial charge on any atom is -0.353 e. The summed E-state index contributed by atoms with van der Waals surface area (Å²) >= 11 is 1.93. The largest absolute Gasteiger partial charge is 0.353 e. The molecule has 2 aromatic carbocycles. The van der Waals surface area contributed by atoms with E-state index in [0.717, 1.165) is 40.6 Å². The second kappa shape index (κ2) is 20.0. The standard InChI is InChI=1S/C39H46N10O3S/c1-49(2)19-20-53-24-27-9-11-28(12-10-27)33-6-4-7-34(47-33)29-13-15-30(16-14-29)37(50)43-17-18-44-38(51)36(21-32-23-42-26-45-32)48-39(52)35-8-3-5-31(46-35)22-41-25-40/h3-16,23,26,36,41H,17-22,24-25,40H2,1-2H3,(H,42,45)(H,43,50)(H,44,51)(H,48,52). The number of amides is 3. The van der Waals surface area contributed by atoms with Crippen molar-refractivity contribution in [1.82, 2.24) is 46.1 Å². The maximum atomic E-state index is 13.2. The predicted molar refractivity (Wildman–Crippen MR) is 209 cm³/mol. The Hall–Kier alpha value is -5.41. The summed E-state index contributed by atoms with van der Waals surface area (Å²) in [7, 11) is 4.18. The summed E-state index contributed by atoms with van der Waals surface area (Å²) in [5.74, 6) is 0.898. The molecule has 0 fully saturated rings. The number of benzene rings is 2. The maximum Gasteiger partial charge on any atom is 0.270 e. The lowest BCUT2D eigenvalue weighted by atomic mass is 10.1. The van der Waals surface area contributed by atoms with Crippen molar-refractivity contribution in [2.45, 2.75) is 24.8 Å². The lowest BCUT2D eigenvalue weighted by Gasteiger charge is -2.18. The molecule has 0 radical (unpaired) electrons. The smallest absolute Gasteiger partial charge is 0.270 e. The first-order valence-corrected chi connectivity index (χ1v) is 18.5. The van der Waals surface area contributed by atoms with Crippen LogP contribution in [-0.2, 0) is 23.5 Å². The second-order valence-electron chi connectivity index (χ2n) is 12.5. The van der Waals surface area contributed by atoms with Crippen LogP contribution in [0.3, 0.4) is 0 Å². The molecule has 0 saturated heterocycles. The molecule has 0 saturated carbocycles. The Morgan fingerprint density at radius 1 is 0.849 bits per heavy atom. The van der Waals surface area contributed by atoms with Gasteiger partial charge in [-0.25, -0.2) is 15.0 Å². The summed E-state index contributed by atoms with van der Waals surface area (Å²) in [6.45, 7) is 2.09. The van der Waals surface area contributed by atoms with Crippen molar-refractivity contribution in [2.75, 3.05) is 46.2 Å². The maximum absolute atomic E-state index is 13.2. The molecule has 5 aromatic rings. The Labute approximate surface area is 314 Å². The molecule has 14 heteroatoms. The van der Waals surface area contributed by atoms with Gasteiger partial charge in [-0.15, -0.1) is 0 Å². The third-order valence-electron chi connectivity index (χ3n) is 8.19. The number of imidazole rings is 1. The van der Waals surface area contributed by atoms with Gasteiger partial charge in [0.25, 0.3) is 11.8 Å². The van der Waals surface area contributed by atoms with Crippen LogP contribution >= 0.6 is 11.8 Å². The summed E-state index contributed by atoms with van der Waals surface area (Å²) in [6, 6.07) is 25.9. The number of aromatic amines is 1. The predicted octanol–water partition coefficient (Wildman–Crippen LogP) is 3.22. The van der Waals surface area contributed by atoms with Gasteiger partial charge in [-0.05, 0) is 56.1 Å². The Morgan fingerprint density at radius 3 is 2.23 bits per heavy atom. The zero-order chi connectivity index (χ0) is 37.4. The molecule has 53 heavy (non-hydrogen) atoms. The molecule has 0 spiro atoms. The number of hydrogen-bond donors (Lipinski definition) is 6. The average molecular weight is 735 g/mol. The van der Waals surface area contributed by atoms with Crippen LogP contribution in [0.4, 0.5) is 0 Å². The van der Waals surface area contributed by atoms with Crippen LogP contribution in [0.1, 0.15) is 37.8 Å². The highest BCUT2D eigenvalue weighted by atomic mass is 32.2. The van der Waals surface area contributed by atoms with E-state index < -0.39 is 17.9 Å². The lowest BCUT2D eigenvalue weighted by Crippen LogP contribution is -2.49. The van der Waals surface area contributed by atoms with Gasteiger partial charge in [0.2, 0.25) is 5.91 Å². The molecule has 0 aliphatic heterocycles. The van der Waals surface area contributed by atoms with Crippen molar-refractivity contribution in [3.05, 3.63) is 126 Å². The monoisotopic (exact) mass is 734 g/mol. The van der Waals surface area contributed by atoms with Gasteiger partial charge in [-0.3, -0.25) is 19.7 Å². The fraction of sp³-hybridized carbons (Fsp3) is 0.282. The lowest BCUT2D eigenvalue weighted by molar-refractivity contribution is -0.122. The fourth-order valence-electron chi connectivity index (χ4n) is 5.31. The molecule has 3 heterocycles. The normalized spacial score (nSPS) is 11.6. The molecule has 1 atom stereocenters. The molecule has 276 valence electrons. The molecule has 5 rings (SSSR count). The van der Waals surface area contributed by atoms with Crippen LogP contribution in [-0.4, -0.2) is 94.8 Å². The first-order chi connectivity index (χ1) is 25.8. The van der Waals surface area contributed by atoms with Crippen LogP contribution in [0, 0.1) is 0 Å². The molecule has 13 nitrogen and oxygen atoms in total. The molecule has 3 aromatic heterocycles. The number of carbonyl (C=O) groups excluding carboxylic acids is 3. The van der Waals surface area contributed by atoms with Crippen molar-refractivity contribution in [3.63, 3.8) is 0 Å². The quantitative estimate of drug-likeness (QED) is 0.0545. The van der Waals surface area contributed by atoms with Crippen molar-refractivity contribution in [3.8, 4) is 22.5 Å². The number of H-pyrrole nitrogens is 1. The highest BCUT2D eigenvalue weighted by Gasteiger charge is 2.23. The van der Waals surface area contributed by atoms with Crippen LogP contribution < -0.4 is 27.0 Å². The van der Waals surface area contributed by atoms with Gasteiger partial charge >= 0.3 is 0 Å². The Kier molecular flexibility index (Phi) is 14.6. The number of nitrogens with one attached hydrogen (secondary N) is 5. The third-order valence-corrected chi connectivity index (χ3v) is 9.20. The highest BCUT2D eigenvalue weighted by Crippen LogP contribution is 2.24. The second-order valence-corrected chi connectivity index (χ2v) is 13.6. The average Bonchev–Trinajstić information content (AvgIpc) is 3.70. The molecular formula is C39H46N10O3S. The molecule has 0 aliphatic carbocycles. The summed E-state index contributed by atoms with van der Waals surface area (Å²) in [5, 5.41) is 11.4. The van der Waals surface area contributed by atoms with Crippen LogP contribution in [0.25, 0.3) is 22.5 Å². The minimum atomic E-state index is -0.910. The van der Waals surface area contributed by atoms with Crippen LogP contribution in [0.15, 0.2) is 97.5 Å². The number of nitrogens with two attached hydrogens (primary N) is 1. The Balaban J connectivity index is 1.11. The minimum absolute atomic E-state index is 0.156. The van der Waals surface area contributed by atoms with E-state index in [2.05, 4.69) is 79.5 Å². The van der Waals surface area contributed by atoms with Gasteiger partial charge in [0.15, 0.2) is 0 Å². The molecule has 7 N–H and O–H groups in total. The molecule has 0 aliphatic rings. The number of thioether (sulfide) groups is 1. The van der Waals surface area contributed by atoms with E-state index >= 15 is 0 Å². The molecule has 0 bridgehead atoms. The zero-order valence-corrected chi connectivity index (χ0v) is 30.8. The number of hydrogen-bond acceptors (Lipinski definition) is 10. The van der Waals surface area contributed by atoms with E-state index in [1.54, 1.807) is 36.5 Å². The number of nitrogens with zero attached hydrogens (tertiary/aromatic N) is 4. The Morgan fingerprint density at radius 2 is 1.55 bits per heavy atom. The van der Waals surface area contributed by atoms with E-state index in [0.29, 0.717) is 23.5 Å². The van der Waals surface area contributed by atoms with Gasteiger partial charge < -0.3 is 31.6 Å². The van der Waals surface area contributed by atoms with E-state index in [-0.39, 0.29) is 37.8 Å². The third kappa shape index (κ3) is 12.1. The molecule has 1 unspecified atom stereocenters. The van der Waals surface area contributed by atoms with E-state index in [1.165, 1.54) is 11.9 Å². The van der Waals surface area contributed by atoms with Crippen molar-refractivity contribution >= 4 is 29.5 Å². The van der Waals surface area contributed by atoms with E-state index in [4.69, 9.17) is 10.7 Å². The first-order valence-electron chi connectivity index (χ1n) is 17.4. The number of aromatic nitrogens is 4. The van der Waals surface area contributed by atoms with Crippen molar-refractivity contribution < 1.29 is 14.4 Å². The van der Waals surface area contributed by atoms with Crippen LogP contribution in [0.5, 0.6) is 0 Å². The fourth-order valence-corrected chi connectivity index (χ4v) is 6.37. The number of rotatable bonds is 19. The highest BCUT2D eigenvalue weighted by molar-refractivity contribution is 7.98. The Bertz CT molecular complexity index is 1920. The SMILES string of the molecule is CN(C)CCSCc1ccc(-c2cccc(-c3ccc(C(=O)NCCNC(=O)C(Cc4cnc[nH]4)NC(=O)c4cccc(CNCN)n4)cc3)n2)cc1. The summed E-state index contributed by atoms with van der Waals surface area (Å²) in [5.41, 5.74) is 12.4. The molecule has 3 amide bonds. The topological polar surface area (TPSA) is 183 Å². The summed E-state index contributed by atoms with van der Waals surface area (Å²) in [6.07, 6.45) is 3.28. The van der Waals surface area contributed by atoms with Gasteiger partial charge in [0, 0.05) is 79.4 Å². The van der Waals surface area contributed by atoms with Crippen molar-refractivity contribution in [2.24, 2.45) is 5.73 Å². The summed E-state index contributed by atoms with van der Waals surface area (Å²) < 4.78 is 0. The number of pyridine rings is 2. The van der Waals surface area contributed by atoms with E-state index in [1.807, 2.05) is 42.1 Å². The van der Waals surface area contributed by atoms with Crippen LogP contribution in [0.2, 0.25) is 0 Å². The zero-order valence-electron chi connectivity index (χ0n) is 30.0. The van der Waals surface area contributed by atoms with Crippen molar-refractivity contribution in [1.29, 1.82) is 0 Å². The van der Waals surface area contributed by atoms with Gasteiger partial charge in [0.1, 0.15) is 11.7 Å². The summed E-state index contributed by atoms with van der Waals surface area (Å²) in [4.78, 5) is 57.6. The van der Waals surface area contributed by atoms with Gasteiger partial charge in [-0.2, -0.15) is 11.8 Å². The first kappa shape index (κ1) is 38.8. The van der Waals surface area contributed by atoms with Gasteiger partial charge in [0.05, 0.1) is 23.4 Å².